The van der Waals surface area contributed by atoms with Crippen molar-refractivity contribution < 1.29 is 0 Å². The summed E-state index contributed by atoms with van der Waals surface area (Å²) in [5, 5.41) is 0. The average molecular weight is 269 g/mol. The summed E-state index contributed by atoms with van der Waals surface area (Å²) >= 11 is 0. The molecule has 3 nitrogen and oxygen atoms in total. The molecule has 2 unspecified atom stereocenters. The zero-order valence-electron chi connectivity index (χ0n) is 12.3. The monoisotopic (exact) mass is 269 g/mol. The number of hydrogen-bond acceptors (Lipinski definition) is 3. The van der Waals surface area contributed by atoms with E-state index in [4.69, 9.17) is 5.73 Å². The normalized spacial score (nSPS) is 13.9. The second-order valence-electron chi connectivity index (χ2n) is 5.35. The van der Waals surface area contributed by atoms with Gasteiger partial charge >= 0.3 is 0 Å². The van der Waals surface area contributed by atoms with Crippen molar-refractivity contribution in [2.75, 3.05) is 0 Å². The Morgan fingerprint density at radius 3 is 2.45 bits per heavy atom. The topological polar surface area (TPSA) is 51.8 Å². The van der Waals surface area contributed by atoms with Gasteiger partial charge in [0, 0.05) is 36.4 Å². The Kier molecular flexibility index (Phi) is 5.24. The molecule has 3 heteroatoms. The maximum Gasteiger partial charge on any atom is 0.0349 e. The number of aromatic nitrogens is 2. The number of nitrogens with zero attached hydrogens (tertiary/aromatic N) is 2. The van der Waals surface area contributed by atoms with Gasteiger partial charge in [-0.2, -0.15) is 0 Å². The first-order valence-corrected chi connectivity index (χ1v) is 7.32. The highest BCUT2D eigenvalue weighted by molar-refractivity contribution is 5.66. The highest BCUT2D eigenvalue weighted by Gasteiger charge is 2.13. The van der Waals surface area contributed by atoms with Gasteiger partial charge in [0.25, 0.3) is 0 Å². The zero-order valence-corrected chi connectivity index (χ0v) is 12.3. The highest BCUT2D eigenvalue weighted by atomic mass is 14.6. The van der Waals surface area contributed by atoms with Crippen LogP contribution in [-0.4, -0.2) is 16.0 Å². The summed E-state index contributed by atoms with van der Waals surface area (Å²) in [6.45, 7) is 4.41. The molecule has 0 spiro atoms. The second-order valence-corrected chi connectivity index (χ2v) is 5.35. The van der Waals surface area contributed by atoms with Crippen molar-refractivity contribution in [2.45, 2.75) is 45.1 Å². The van der Waals surface area contributed by atoms with Crippen LogP contribution < -0.4 is 5.73 Å². The van der Waals surface area contributed by atoms with Crippen LogP contribution in [0.2, 0.25) is 0 Å². The molecule has 0 saturated heterocycles. The molecule has 0 amide bonds. The molecule has 2 aromatic heterocycles. The first-order chi connectivity index (χ1) is 9.72. The van der Waals surface area contributed by atoms with E-state index in [-0.39, 0.29) is 0 Å². The first kappa shape index (κ1) is 14.7. The molecule has 0 saturated carbocycles. The second kappa shape index (κ2) is 7.15. The average Bonchev–Trinajstić information content (AvgIpc) is 2.53. The summed E-state index contributed by atoms with van der Waals surface area (Å²) < 4.78 is 0. The summed E-state index contributed by atoms with van der Waals surface area (Å²) in [6.07, 6.45) is 10.7. The van der Waals surface area contributed by atoms with E-state index in [0.29, 0.717) is 12.0 Å². The minimum Gasteiger partial charge on any atom is -0.328 e. The molecule has 2 rings (SSSR count). The van der Waals surface area contributed by atoms with E-state index in [1.54, 1.807) is 0 Å². The number of rotatable bonds is 6. The van der Waals surface area contributed by atoms with Gasteiger partial charge in [-0.3, -0.25) is 9.97 Å². The van der Waals surface area contributed by atoms with Crippen LogP contribution in [0.1, 0.15) is 44.6 Å². The molecule has 2 aromatic rings. The SMILES string of the molecule is CCC(N)CCC(C)c1ccncc1-c1ccncc1. The van der Waals surface area contributed by atoms with Crippen molar-refractivity contribution in [1.82, 2.24) is 9.97 Å². The predicted octanol–water partition coefficient (Wildman–Crippen LogP) is 3.76. The van der Waals surface area contributed by atoms with Crippen LogP contribution >= 0.6 is 0 Å². The van der Waals surface area contributed by atoms with Crippen molar-refractivity contribution in [1.29, 1.82) is 0 Å². The minimum atomic E-state index is 0.309. The van der Waals surface area contributed by atoms with E-state index in [2.05, 4.69) is 29.9 Å². The molecule has 106 valence electrons. The summed E-state index contributed by atoms with van der Waals surface area (Å²) in [5.41, 5.74) is 9.75. The van der Waals surface area contributed by atoms with Crippen molar-refractivity contribution in [3.8, 4) is 11.1 Å². The minimum absolute atomic E-state index is 0.309. The molecule has 0 fully saturated rings. The van der Waals surface area contributed by atoms with Gasteiger partial charge in [-0.25, -0.2) is 0 Å². The van der Waals surface area contributed by atoms with E-state index >= 15 is 0 Å². The first-order valence-electron chi connectivity index (χ1n) is 7.32. The number of hydrogen-bond donors (Lipinski definition) is 1. The molecule has 0 aliphatic rings. The van der Waals surface area contributed by atoms with Crippen molar-refractivity contribution in [3.05, 3.63) is 48.5 Å². The lowest BCUT2D eigenvalue weighted by Gasteiger charge is -2.18. The third kappa shape index (κ3) is 3.64. The molecular formula is C17H23N3. The lowest BCUT2D eigenvalue weighted by Crippen LogP contribution is -2.19. The molecule has 0 aromatic carbocycles. The molecule has 0 aliphatic carbocycles. The van der Waals surface area contributed by atoms with Gasteiger partial charge in [-0.15, -0.1) is 0 Å². The van der Waals surface area contributed by atoms with Crippen LogP contribution in [0.15, 0.2) is 43.0 Å². The van der Waals surface area contributed by atoms with Crippen molar-refractivity contribution in [2.24, 2.45) is 5.73 Å². The van der Waals surface area contributed by atoms with Gasteiger partial charge in [0.05, 0.1) is 0 Å². The van der Waals surface area contributed by atoms with E-state index in [9.17, 15) is 0 Å². The third-order valence-electron chi connectivity index (χ3n) is 3.87. The van der Waals surface area contributed by atoms with E-state index in [0.717, 1.165) is 19.3 Å². The Morgan fingerprint density at radius 1 is 1.05 bits per heavy atom. The fourth-order valence-electron chi connectivity index (χ4n) is 2.43. The van der Waals surface area contributed by atoms with Gasteiger partial charge in [0.2, 0.25) is 0 Å². The summed E-state index contributed by atoms with van der Waals surface area (Å²) in [7, 11) is 0. The molecule has 0 radical (unpaired) electrons. The maximum atomic E-state index is 6.03. The molecule has 0 aliphatic heterocycles. The lowest BCUT2D eigenvalue weighted by atomic mass is 9.89. The van der Waals surface area contributed by atoms with Crippen molar-refractivity contribution >= 4 is 0 Å². The maximum absolute atomic E-state index is 6.03. The standard InChI is InChI=1S/C17H23N3/c1-3-15(18)5-4-13(2)16-8-11-20-12-17(16)14-6-9-19-10-7-14/h6-13,15H,3-5,18H2,1-2H3. The van der Waals surface area contributed by atoms with Crippen LogP contribution in [0.5, 0.6) is 0 Å². The smallest absolute Gasteiger partial charge is 0.0349 e. The van der Waals surface area contributed by atoms with Gasteiger partial charge in [0.1, 0.15) is 0 Å². The van der Waals surface area contributed by atoms with E-state index in [1.807, 2.05) is 36.9 Å². The Hall–Kier alpha value is -1.74. The molecule has 2 heterocycles. The molecular weight excluding hydrogens is 246 g/mol. The predicted molar refractivity (Wildman–Crippen MR) is 83.4 cm³/mol. The van der Waals surface area contributed by atoms with Crippen molar-refractivity contribution in [3.63, 3.8) is 0 Å². The van der Waals surface area contributed by atoms with Gasteiger partial charge in [-0.05, 0) is 54.5 Å². The number of pyridine rings is 2. The Morgan fingerprint density at radius 2 is 1.75 bits per heavy atom. The Bertz CT molecular complexity index is 525. The van der Waals surface area contributed by atoms with Crippen LogP contribution in [0.3, 0.4) is 0 Å². The number of nitrogens with two attached hydrogens (primary N) is 1. The lowest BCUT2D eigenvalue weighted by molar-refractivity contribution is 0.531. The van der Waals surface area contributed by atoms with Gasteiger partial charge < -0.3 is 5.73 Å². The third-order valence-corrected chi connectivity index (χ3v) is 3.87. The van der Waals surface area contributed by atoms with E-state index in [1.165, 1.54) is 16.7 Å². The van der Waals surface area contributed by atoms with Crippen LogP contribution in [0.25, 0.3) is 11.1 Å². The van der Waals surface area contributed by atoms with Crippen LogP contribution in [-0.2, 0) is 0 Å². The van der Waals surface area contributed by atoms with Crippen LogP contribution in [0, 0.1) is 0 Å². The van der Waals surface area contributed by atoms with Crippen LogP contribution in [0.4, 0.5) is 0 Å². The zero-order chi connectivity index (χ0) is 14.4. The Balaban J connectivity index is 2.20. The summed E-state index contributed by atoms with van der Waals surface area (Å²) in [5.74, 6) is 0.485. The fraction of sp³-hybridized carbons (Fsp3) is 0.412. The largest absolute Gasteiger partial charge is 0.328 e. The quantitative estimate of drug-likeness (QED) is 0.868. The summed E-state index contributed by atoms with van der Waals surface area (Å²) in [6, 6.07) is 6.50. The fourth-order valence-corrected chi connectivity index (χ4v) is 2.43. The highest BCUT2D eigenvalue weighted by Crippen LogP contribution is 2.30. The van der Waals surface area contributed by atoms with E-state index < -0.39 is 0 Å². The summed E-state index contributed by atoms with van der Waals surface area (Å²) in [4.78, 5) is 8.35. The molecule has 0 bridgehead atoms. The Labute approximate surface area is 121 Å². The van der Waals surface area contributed by atoms with Gasteiger partial charge in [-0.1, -0.05) is 13.8 Å². The van der Waals surface area contributed by atoms with Gasteiger partial charge in [0.15, 0.2) is 0 Å². The molecule has 2 atom stereocenters. The molecule has 2 N–H and O–H groups in total. The molecule has 20 heavy (non-hydrogen) atoms.